The average Bonchev–Trinajstić information content (AvgIpc) is 2.26. The van der Waals surface area contributed by atoms with Crippen LogP contribution in [0.5, 0.6) is 0 Å². The van der Waals surface area contributed by atoms with Gasteiger partial charge in [0.2, 0.25) is 0 Å². The van der Waals surface area contributed by atoms with Crippen LogP contribution >= 0.6 is 0 Å². The molecule has 4 nitrogen and oxygen atoms in total. The number of carbonyl (C=O) groups excluding carboxylic acids is 1. The topological polar surface area (TPSA) is 35.6 Å². The Hall–Kier alpha value is -1.03. The van der Waals surface area contributed by atoms with Crippen LogP contribution in [0.3, 0.4) is 0 Å². The van der Waals surface area contributed by atoms with Gasteiger partial charge in [0, 0.05) is 32.7 Å². The third kappa shape index (κ3) is 3.03. The lowest BCUT2D eigenvalue weighted by Crippen LogP contribution is -2.51. The fourth-order valence-corrected chi connectivity index (χ4v) is 1.54. The number of hydrogen-bond acceptors (Lipinski definition) is 2. The van der Waals surface area contributed by atoms with Crippen LogP contribution in [0, 0.1) is 0 Å². The van der Waals surface area contributed by atoms with Gasteiger partial charge in [-0.3, -0.25) is 0 Å². The van der Waals surface area contributed by atoms with Gasteiger partial charge >= 0.3 is 6.03 Å². The van der Waals surface area contributed by atoms with E-state index in [9.17, 15) is 4.79 Å². The van der Waals surface area contributed by atoms with Gasteiger partial charge in [0.15, 0.2) is 0 Å². The zero-order chi connectivity index (χ0) is 10.4. The average molecular weight is 197 g/mol. The highest BCUT2D eigenvalue weighted by Crippen LogP contribution is 2.00. The smallest absolute Gasteiger partial charge is 0.317 e. The summed E-state index contributed by atoms with van der Waals surface area (Å²) in [7, 11) is 0. The molecule has 1 fully saturated rings. The molecule has 0 radical (unpaired) electrons. The van der Waals surface area contributed by atoms with Gasteiger partial charge in [-0.25, -0.2) is 4.79 Å². The molecule has 0 aromatic rings. The summed E-state index contributed by atoms with van der Waals surface area (Å²) in [6.45, 7) is 11.0. The fraction of sp³-hybridized carbons (Fsp3) is 0.700. The van der Waals surface area contributed by atoms with Crippen molar-refractivity contribution in [2.24, 2.45) is 0 Å². The van der Waals surface area contributed by atoms with Crippen molar-refractivity contribution in [2.75, 3.05) is 39.3 Å². The van der Waals surface area contributed by atoms with Gasteiger partial charge < -0.3 is 15.1 Å². The molecule has 0 unspecified atom stereocenters. The predicted molar refractivity (Wildman–Crippen MR) is 57.3 cm³/mol. The van der Waals surface area contributed by atoms with E-state index in [2.05, 4.69) is 23.7 Å². The summed E-state index contributed by atoms with van der Waals surface area (Å²) in [5, 5.41) is 2.79. The number of nitrogens with zero attached hydrogens (tertiary/aromatic N) is 2. The molecular formula is C10H19N3O. The van der Waals surface area contributed by atoms with Crippen molar-refractivity contribution in [1.29, 1.82) is 0 Å². The van der Waals surface area contributed by atoms with Gasteiger partial charge in [-0.05, 0) is 6.54 Å². The van der Waals surface area contributed by atoms with Crippen LogP contribution in [0.2, 0.25) is 0 Å². The number of likely N-dealkylation sites (N-methyl/N-ethyl adjacent to an activating group) is 1. The minimum absolute atomic E-state index is 0.0284. The first-order valence-corrected chi connectivity index (χ1v) is 5.14. The first kappa shape index (κ1) is 11.0. The van der Waals surface area contributed by atoms with Crippen molar-refractivity contribution in [3.8, 4) is 0 Å². The summed E-state index contributed by atoms with van der Waals surface area (Å²) in [5.41, 5.74) is 0. The van der Waals surface area contributed by atoms with Crippen LogP contribution in [-0.4, -0.2) is 55.1 Å². The molecule has 1 rings (SSSR count). The molecule has 4 heteroatoms. The van der Waals surface area contributed by atoms with E-state index in [1.807, 2.05) is 4.90 Å². The maximum absolute atomic E-state index is 11.5. The minimum atomic E-state index is 0.0284. The zero-order valence-corrected chi connectivity index (χ0v) is 8.83. The quantitative estimate of drug-likeness (QED) is 0.669. The number of urea groups is 1. The van der Waals surface area contributed by atoms with E-state index in [4.69, 9.17) is 0 Å². The van der Waals surface area contributed by atoms with Crippen LogP contribution in [0.15, 0.2) is 12.7 Å². The Morgan fingerprint density at radius 2 is 2.07 bits per heavy atom. The Morgan fingerprint density at radius 1 is 1.43 bits per heavy atom. The molecule has 1 heterocycles. The second-order valence-corrected chi connectivity index (χ2v) is 3.40. The predicted octanol–water partition coefficient (Wildman–Crippen LogP) is 0.519. The van der Waals surface area contributed by atoms with E-state index in [-0.39, 0.29) is 6.03 Å². The van der Waals surface area contributed by atoms with E-state index in [0.717, 1.165) is 32.7 Å². The van der Waals surface area contributed by atoms with Crippen LogP contribution in [0.4, 0.5) is 4.79 Å². The molecule has 0 bridgehead atoms. The zero-order valence-electron chi connectivity index (χ0n) is 8.83. The van der Waals surface area contributed by atoms with Crippen molar-refractivity contribution < 1.29 is 4.79 Å². The second kappa shape index (κ2) is 5.65. The van der Waals surface area contributed by atoms with Crippen LogP contribution < -0.4 is 5.32 Å². The molecule has 1 aliphatic rings. The summed E-state index contributed by atoms with van der Waals surface area (Å²) in [6, 6.07) is 0.0284. The summed E-state index contributed by atoms with van der Waals surface area (Å²) in [4.78, 5) is 15.7. The summed E-state index contributed by atoms with van der Waals surface area (Å²) in [6.07, 6.45) is 1.69. The van der Waals surface area contributed by atoms with Gasteiger partial charge in [0.25, 0.3) is 0 Å². The number of rotatable bonds is 3. The van der Waals surface area contributed by atoms with E-state index >= 15 is 0 Å². The molecule has 1 N–H and O–H groups in total. The standard InChI is InChI=1S/C10H19N3O/c1-3-5-11-10(14)13-8-6-12(4-2)7-9-13/h3H,1,4-9H2,2H3,(H,11,14). The molecular weight excluding hydrogens is 178 g/mol. The first-order valence-electron chi connectivity index (χ1n) is 5.14. The van der Waals surface area contributed by atoms with Crippen molar-refractivity contribution >= 4 is 6.03 Å². The minimum Gasteiger partial charge on any atom is -0.335 e. The highest BCUT2D eigenvalue weighted by atomic mass is 16.2. The second-order valence-electron chi connectivity index (χ2n) is 3.40. The van der Waals surface area contributed by atoms with Crippen molar-refractivity contribution in [2.45, 2.75) is 6.92 Å². The monoisotopic (exact) mass is 197 g/mol. The normalized spacial score (nSPS) is 17.9. The van der Waals surface area contributed by atoms with Gasteiger partial charge in [0.1, 0.15) is 0 Å². The van der Waals surface area contributed by atoms with Crippen LogP contribution in [0.1, 0.15) is 6.92 Å². The van der Waals surface area contributed by atoms with Gasteiger partial charge in [-0.2, -0.15) is 0 Å². The molecule has 0 spiro atoms. The molecule has 0 aromatic heterocycles. The number of piperazine rings is 1. The van der Waals surface area contributed by atoms with E-state index in [1.165, 1.54) is 0 Å². The number of amides is 2. The summed E-state index contributed by atoms with van der Waals surface area (Å²) < 4.78 is 0. The van der Waals surface area contributed by atoms with Crippen molar-refractivity contribution in [1.82, 2.24) is 15.1 Å². The van der Waals surface area contributed by atoms with Crippen molar-refractivity contribution in [3.05, 3.63) is 12.7 Å². The van der Waals surface area contributed by atoms with Crippen molar-refractivity contribution in [3.63, 3.8) is 0 Å². The Balaban J connectivity index is 2.26. The molecule has 0 saturated carbocycles. The summed E-state index contributed by atoms with van der Waals surface area (Å²) in [5.74, 6) is 0. The van der Waals surface area contributed by atoms with E-state index in [1.54, 1.807) is 6.08 Å². The lowest BCUT2D eigenvalue weighted by Gasteiger charge is -2.33. The maximum atomic E-state index is 11.5. The van der Waals surface area contributed by atoms with E-state index in [0.29, 0.717) is 6.54 Å². The molecule has 14 heavy (non-hydrogen) atoms. The molecule has 0 aliphatic carbocycles. The number of carbonyl (C=O) groups is 1. The summed E-state index contributed by atoms with van der Waals surface area (Å²) >= 11 is 0. The SMILES string of the molecule is C=CCNC(=O)N1CCN(CC)CC1. The molecule has 1 aliphatic heterocycles. The largest absolute Gasteiger partial charge is 0.335 e. The molecule has 1 saturated heterocycles. The lowest BCUT2D eigenvalue weighted by molar-refractivity contribution is 0.143. The number of nitrogens with one attached hydrogen (secondary N) is 1. The highest BCUT2D eigenvalue weighted by Gasteiger charge is 2.18. The van der Waals surface area contributed by atoms with Gasteiger partial charge in [-0.1, -0.05) is 13.0 Å². The molecule has 2 amide bonds. The number of hydrogen-bond donors (Lipinski definition) is 1. The Bertz CT molecular complexity index is 198. The van der Waals surface area contributed by atoms with Crippen LogP contribution in [0.25, 0.3) is 0 Å². The Morgan fingerprint density at radius 3 is 2.57 bits per heavy atom. The Kier molecular flexibility index (Phi) is 4.46. The van der Waals surface area contributed by atoms with Gasteiger partial charge in [0.05, 0.1) is 0 Å². The maximum Gasteiger partial charge on any atom is 0.317 e. The fourth-order valence-electron chi connectivity index (χ4n) is 1.54. The van der Waals surface area contributed by atoms with Crippen LogP contribution in [-0.2, 0) is 0 Å². The third-order valence-electron chi connectivity index (χ3n) is 2.50. The lowest BCUT2D eigenvalue weighted by atomic mass is 10.3. The Labute approximate surface area is 85.6 Å². The van der Waals surface area contributed by atoms with E-state index < -0.39 is 0 Å². The highest BCUT2D eigenvalue weighted by molar-refractivity contribution is 5.74. The molecule has 80 valence electrons. The molecule has 0 atom stereocenters. The first-order chi connectivity index (χ1) is 6.77. The third-order valence-corrected chi connectivity index (χ3v) is 2.50. The molecule has 0 aromatic carbocycles. The van der Waals surface area contributed by atoms with Gasteiger partial charge in [-0.15, -0.1) is 6.58 Å².